The number of benzene rings is 3. The summed E-state index contributed by atoms with van der Waals surface area (Å²) in [5.41, 5.74) is 14.9. The highest BCUT2D eigenvalue weighted by molar-refractivity contribution is 5.87. The van der Waals surface area contributed by atoms with Crippen molar-refractivity contribution in [2.24, 2.45) is 0 Å². The molecule has 4 N–H and O–H groups in total. The van der Waals surface area contributed by atoms with Crippen LogP contribution in [0.15, 0.2) is 72.8 Å². The number of carbonyl (C=O) groups is 1. The van der Waals surface area contributed by atoms with Gasteiger partial charge in [-0.05, 0) is 104 Å². The molecule has 0 saturated carbocycles. The molecule has 0 fully saturated rings. The Morgan fingerprint density at radius 1 is 0.786 bits per heavy atom. The maximum atomic E-state index is 14.6. The third-order valence-electron chi connectivity index (χ3n) is 6.51. The van der Waals surface area contributed by atoms with E-state index in [0.29, 0.717) is 41.8 Å². The number of halogens is 5. The molecule has 0 amide bonds. The Balaban J connectivity index is 1.37. The average Bonchev–Trinajstić information content (AvgIpc) is 2.93. The highest BCUT2D eigenvalue weighted by Gasteiger charge is 2.34. The number of esters is 1. The number of alkyl halides is 5. The molecule has 0 spiro atoms. The fourth-order valence-electron chi connectivity index (χ4n) is 4.19. The van der Waals surface area contributed by atoms with Crippen molar-refractivity contribution in [1.82, 2.24) is 0 Å². The van der Waals surface area contributed by atoms with Gasteiger partial charge in [-0.1, -0.05) is 30.3 Å². The lowest BCUT2D eigenvalue weighted by atomic mass is 10.0. The second kappa shape index (κ2) is 15.2. The fraction of sp³-hybridized carbons (Fsp3) is 0.344. The van der Waals surface area contributed by atoms with Crippen LogP contribution in [0.3, 0.4) is 0 Å². The van der Waals surface area contributed by atoms with Crippen molar-refractivity contribution in [2.75, 3.05) is 18.1 Å². The van der Waals surface area contributed by atoms with E-state index < -0.39 is 24.7 Å². The van der Waals surface area contributed by atoms with Gasteiger partial charge in [0.15, 0.2) is 0 Å². The van der Waals surface area contributed by atoms with Gasteiger partial charge in [0, 0.05) is 23.9 Å². The number of nitrogens with two attached hydrogens (primary N) is 2. The maximum Gasteiger partial charge on any atom is 0.426 e. The molecule has 0 aromatic heterocycles. The number of aryl methyl sites for hydroxylation is 2. The van der Waals surface area contributed by atoms with E-state index in [0.717, 1.165) is 24.8 Å². The van der Waals surface area contributed by atoms with Crippen LogP contribution in [0.5, 0.6) is 5.75 Å². The molecule has 3 rings (SSSR count). The Kier molecular flexibility index (Phi) is 11.8. The molecule has 42 heavy (non-hydrogen) atoms. The summed E-state index contributed by atoms with van der Waals surface area (Å²) in [7, 11) is 0. The van der Waals surface area contributed by atoms with Gasteiger partial charge in [-0.25, -0.2) is 4.79 Å². The molecule has 0 unspecified atom stereocenters. The number of anilines is 2. The second-order valence-electron chi connectivity index (χ2n) is 9.98. The zero-order chi connectivity index (χ0) is 30.6. The van der Waals surface area contributed by atoms with Crippen LogP contribution in [0.25, 0.3) is 6.08 Å². The predicted octanol–water partition coefficient (Wildman–Crippen LogP) is 8.22. The van der Waals surface area contributed by atoms with Gasteiger partial charge >= 0.3 is 18.3 Å². The fourth-order valence-corrected chi connectivity index (χ4v) is 4.19. The highest BCUT2D eigenvalue weighted by atomic mass is 19.4. The molecule has 0 heterocycles. The molecule has 0 aliphatic rings. The van der Waals surface area contributed by atoms with Crippen LogP contribution < -0.4 is 16.2 Å². The normalized spacial score (nSPS) is 12.0. The number of hydrogen-bond acceptors (Lipinski definition) is 5. The summed E-state index contributed by atoms with van der Waals surface area (Å²) in [5, 5.41) is 0. The largest absolute Gasteiger partial charge is 0.463 e. The Morgan fingerprint density at radius 2 is 1.48 bits per heavy atom. The second-order valence-corrected chi connectivity index (χ2v) is 9.98. The minimum absolute atomic E-state index is 0.0138. The van der Waals surface area contributed by atoms with Crippen molar-refractivity contribution >= 4 is 23.4 Å². The summed E-state index contributed by atoms with van der Waals surface area (Å²) in [6, 6.07) is 16.6. The number of carbonyl (C=O) groups excluding carboxylic acids is 1. The Hall–Kier alpha value is -4.08. The molecule has 0 radical (unpaired) electrons. The van der Waals surface area contributed by atoms with Gasteiger partial charge in [-0.2, -0.15) is 22.0 Å². The summed E-state index contributed by atoms with van der Waals surface area (Å²) in [6.45, 7) is 0.279. The van der Waals surface area contributed by atoms with E-state index in [9.17, 15) is 26.7 Å². The quantitative estimate of drug-likeness (QED) is 0.0612. The van der Waals surface area contributed by atoms with Crippen LogP contribution in [0.4, 0.5) is 33.3 Å². The Labute approximate surface area is 242 Å². The summed E-state index contributed by atoms with van der Waals surface area (Å²) >= 11 is 0. The van der Waals surface area contributed by atoms with Gasteiger partial charge in [-0.15, -0.1) is 0 Å². The van der Waals surface area contributed by atoms with Crippen molar-refractivity contribution in [3.8, 4) is 5.75 Å². The molecule has 3 aromatic rings. The standard InChI is InChI=1S/C32H35F5N2O3/c33-31(34,35)20-4-3-6-23-8-14-26(15-9-23)32(36,37)42-28-17-10-24(11-18-28)12-19-30(40)41-21-5-1-2-7-25-13-16-27(38)22-29(25)39/h8-19,22H,1-7,20-21,38-39H2/b19-12+. The molecule has 10 heteroatoms. The van der Waals surface area contributed by atoms with E-state index >= 15 is 0 Å². The first-order valence-corrected chi connectivity index (χ1v) is 13.7. The molecule has 0 aliphatic carbocycles. The average molecular weight is 591 g/mol. The molecule has 5 nitrogen and oxygen atoms in total. The first kappa shape index (κ1) is 32.4. The smallest absolute Gasteiger partial charge is 0.426 e. The van der Waals surface area contributed by atoms with Gasteiger partial charge in [0.05, 0.1) is 12.2 Å². The minimum Gasteiger partial charge on any atom is -0.463 e. The van der Waals surface area contributed by atoms with E-state index in [1.165, 1.54) is 60.7 Å². The van der Waals surface area contributed by atoms with Crippen LogP contribution in [0.1, 0.15) is 60.8 Å². The van der Waals surface area contributed by atoms with E-state index in [1.807, 2.05) is 12.1 Å². The summed E-state index contributed by atoms with van der Waals surface area (Å²) in [4.78, 5) is 12.0. The minimum atomic E-state index is -4.19. The first-order chi connectivity index (χ1) is 19.9. The van der Waals surface area contributed by atoms with E-state index in [1.54, 1.807) is 6.07 Å². The van der Waals surface area contributed by atoms with Crippen molar-refractivity contribution < 1.29 is 36.2 Å². The summed E-state index contributed by atoms with van der Waals surface area (Å²) in [5.74, 6) is -0.579. The lowest BCUT2D eigenvalue weighted by molar-refractivity contribution is -0.185. The highest BCUT2D eigenvalue weighted by Crippen LogP contribution is 2.32. The molecular weight excluding hydrogens is 555 g/mol. The van der Waals surface area contributed by atoms with Crippen molar-refractivity contribution in [3.05, 3.63) is 95.1 Å². The monoisotopic (exact) mass is 590 g/mol. The van der Waals surface area contributed by atoms with E-state index in [2.05, 4.69) is 0 Å². The Bertz CT molecular complexity index is 1310. The zero-order valence-electron chi connectivity index (χ0n) is 23.1. The number of unbranched alkanes of at least 4 members (excludes halogenated alkanes) is 3. The van der Waals surface area contributed by atoms with Gasteiger partial charge in [-0.3, -0.25) is 0 Å². The van der Waals surface area contributed by atoms with Crippen LogP contribution in [-0.4, -0.2) is 18.8 Å². The molecular formula is C32H35F5N2O3. The molecule has 0 bridgehead atoms. The topological polar surface area (TPSA) is 87.6 Å². The molecule has 0 saturated heterocycles. The first-order valence-electron chi connectivity index (χ1n) is 13.7. The van der Waals surface area contributed by atoms with E-state index in [-0.39, 0.29) is 24.3 Å². The van der Waals surface area contributed by atoms with Gasteiger partial charge in [0.2, 0.25) is 0 Å². The SMILES string of the molecule is Nc1ccc(CCCCCOC(=O)/C=C/c2ccc(OC(F)(F)c3ccc(CCCCC(F)(F)F)cc3)cc2)c(N)c1. The Morgan fingerprint density at radius 3 is 2.14 bits per heavy atom. The van der Waals surface area contributed by atoms with Gasteiger partial charge < -0.3 is 20.9 Å². The zero-order valence-corrected chi connectivity index (χ0v) is 23.1. The lowest BCUT2D eigenvalue weighted by Gasteiger charge is -2.18. The summed E-state index contributed by atoms with van der Waals surface area (Å²) < 4.78 is 76.1. The third kappa shape index (κ3) is 11.4. The molecule has 226 valence electrons. The van der Waals surface area contributed by atoms with Crippen molar-refractivity contribution in [3.63, 3.8) is 0 Å². The maximum absolute atomic E-state index is 14.6. The predicted molar refractivity (Wildman–Crippen MR) is 154 cm³/mol. The van der Waals surface area contributed by atoms with E-state index in [4.69, 9.17) is 20.9 Å². The third-order valence-corrected chi connectivity index (χ3v) is 6.51. The van der Waals surface area contributed by atoms with Crippen LogP contribution in [0, 0.1) is 0 Å². The van der Waals surface area contributed by atoms with Crippen molar-refractivity contribution in [1.29, 1.82) is 0 Å². The van der Waals surface area contributed by atoms with Crippen LogP contribution >= 0.6 is 0 Å². The van der Waals surface area contributed by atoms with Crippen LogP contribution in [0.2, 0.25) is 0 Å². The molecule has 0 atom stereocenters. The summed E-state index contributed by atoms with van der Waals surface area (Å²) in [6.07, 6.45) is -1.94. The molecule has 0 aliphatic heterocycles. The van der Waals surface area contributed by atoms with Gasteiger partial charge in [0.1, 0.15) is 5.75 Å². The number of ether oxygens (including phenoxy) is 2. The van der Waals surface area contributed by atoms with Crippen LogP contribution in [-0.2, 0) is 28.5 Å². The lowest BCUT2D eigenvalue weighted by Crippen LogP contribution is -2.21. The van der Waals surface area contributed by atoms with Crippen molar-refractivity contribution in [2.45, 2.75) is 63.7 Å². The number of hydrogen-bond donors (Lipinski definition) is 2. The number of rotatable bonds is 15. The number of nitrogen functional groups attached to an aromatic ring is 2. The molecule has 3 aromatic carbocycles. The van der Waals surface area contributed by atoms with Gasteiger partial charge in [0.25, 0.3) is 0 Å².